The van der Waals surface area contributed by atoms with Gasteiger partial charge in [0.1, 0.15) is 5.82 Å². The van der Waals surface area contributed by atoms with Crippen molar-refractivity contribution in [3.63, 3.8) is 0 Å². The van der Waals surface area contributed by atoms with Gasteiger partial charge in [-0.25, -0.2) is 4.39 Å². The lowest BCUT2D eigenvalue weighted by Crippen LogP contribution is -2.05. The average molecular weight is 425 g/mol. The molecule has 0 spiro atoms. The third-order valence-electron chi connectivity index (χ3n) is 2.71. The molecule has 0 saturated carbocycles. The van der Waals surface area contributed by atoms with Crippen LogP contribution in [0, 0.1) is 25.3 Å². The van der Waals surface area contributed by atoms with Crippen molar-refractivity contribution in [3.8, 4) is 0 Å². The zero-order valence-corrected chi connectivity index (χ0v) is 13.3. The molecule has 2 rings (SSSR count). The van der Waals surface area contributed by atoms with Crippen LogP contribution in [-0.4, -0.2) is 4.92 Å². The van der Waals surface area contributed by atoms with Gasteiger partial charge in [-0.2, -0.15) is 4.39 Å². The van der Waals surface area contributed by atoms with Crippen LogP contribution in [-0.2, 0) is 6.54 Å². The van der Waals surface area contributed by atoms with Crippen molar-refractivity contribution in [2.45, 2.75) is 6.54 Å². The number of halogens is 4. The molecule has 0 aliphatic heterocycles. The van der Waals surface area contributed by atoms with Crippen LogP contribution in [0.5, 0.6) is 0 Å². The predicted molar refractivity (Wildman–Crippen MR) is 84.5 cm³/mol. The normalized spacial score (nSPS) is 10.5. The highest BCUT2D eigenvalue weighted by Crippen LogP contribution is 2.26. The Morgan fingerprint density at radius 2 is 1.95 bits per heavy atom. The number of hydrogen-bond donors (Lipinski definition) is 1. The van der Waals surface area contributed by atoms with E-state index in [1.807, 2.05) is 0 Å². The SMILES string of the molecule is O=[N+]([O-])c1cc(CNc2ccc(I)cc2Cl)c(F)cc1F. The van der Waals surface area contributed by atoms with Crippen molar-refractivity contribution in [3.05, 3.63) is 66.2 Å². The first-order valence-corrected chi connectivity index (χ1v) is 7.15. The summed E-state index contributed by atoms with van der Waals surface area (Å²) in [6, 6.07) is 6.61. The molecule has 0 aromatic heterocycles. The summed E-state index contributed by atoms with van der Waals surface area (Å²) in [7, 11) is 0. The molecule has 0 amide bonds. The number of nitrogens with zero attached hydrogens (tertiary/aromatic N) is 1. The number of rotatable bonds is 4. The molecule has 0 bridgehead atoms. The van der Waals surface area contributed by atoms with Gasteiger partial charge in [-0.05, 0) is 40.8 Å². The maximum absolute atomic E-state index is 13.6. The van der Waals surface area contributed by atoms with Gasteiger partial charge in [0.25, 0.3) is 0 Å². The Balaban J connectivity index is 2.23. The van der Waals surface area contributed by atoms with E-state index in [0.29, 0.717) is 16.8 Å². The summed E-state index contributed by atoms with van der Waals surface area (Å²) in [5, 5.41) is 14.0. The zero-order valence-electron chi connectivity index (χ0n) is 10.4. The Hall–Kier alpha value is -1.48. The third-order valence-corrected chi connectivity index (χ3v) is 3.70. The van der Waals surface area contributed by atoms with Gasteiger partial charge >= 0.3 is 5.69 Å². The number of hydrogen-bond acceptors (Lipinski definition) is 3. The monoisotopic (exact) mass is 424 g/mol. The van der Waals surface area contributed by atoms with Gasteiger partial charge in [0.15, 0.2) is 0 Å². The molecule has 0 radical (unpaired) electrons. The Morgan fingerprint density at radius 1 is 1.24 bits per heavy atom. The van der Waals surface area contributed by atoms with Crippen LogP contribution in [0.3, 0.4) is 0 Å². The van der Waals surface area contributed by atoms with E-state index in [1.54, 1.807) is 18.2 Å². The summed E-state index contributed by atoms with van der Waals surface area (Å²) in [6.07, 6.45) is 0. The molecule has 0 heterocycles. The number of nitro groups is 1. The van der Waals surface area contributed by atoms with E-state index in [4.69, 9.17) is 11.6 Å². The second-order valence-corrected chi connectivity index (χ2v) is 5.78. The fourth-order valence-corrected chi connectivity index (χ4v) is 2.60. The van der Waals surface area contributed by atoms with Crippen molar-refractivity contribution < 1.29 is 13.7 Å². The largest absolute Gasteiger partial charge is 0.380 e. The second kappa shape index (κ2) is 6.52. The van der Waals surface area contributed by atoms with Crippen LogP contribution in [0.25, 0.3) is 0 Å². The van der Waals surface area contributed by atoms with Crippen molar-refractivity contribution in [2.75, 3.05) is 5.32 Å². The van der Waals surface area contributed by atoms with Gasteiger partial charge in [0.2, 0.25) is 5.82 Å². The molecule has 0 fully saturated rings. The standard InChI is InChI=1S/C13H8ClF2IN2O2/c14-9-4-8(17)1-2-12(9)18-6-7-3-13(19(20)21)11(16)5-10(7)15/h1-5,18H,6H2. The summed E-state index contributed by atoms with van der Waals surface area (Å²) in [6.45, 7) is -0.0483. The highest BCUT2D eigenvalue weighted by atomic mass is 127. The molecule has 8 heteroatoms. The Labute approximate surface area is 137 Å². The Bertz CT molecular complexity index is 713. The predicted octanol–water partition coefficient (Wildman–Crippen LogP) is 4.74. The van der Waals surface area contributed by atoms with Gasteiger partial charge in [-0.15, -0.1) is 0 Å². The lowest BCUT2D eigenvalue weighted by molar-refractivity contribution is -0.387. The molecule has 0 aliphatic carbocycles. The first kappa shape index (κ1) is 15.9. The molecule has 2 aromatic carbocycles. The van der Waals surface area contributed by atoms with E-state index in [-0.39, 0.29) is 12.1 Å². The first-order chi connectivity index (χ1) is 9.88. The van der Waals surface area contributed by atoms with Crippen LogP contribution in [0.2, 0.25) is 5.02 Å². The van der Waals surface area contributed by atoms with Crippen LogP contribution >= 0.6 is 34.2 Å². The molecule has 0 unspecified atom stereocenters. The van der Waals surface area contributed by atoms with Crippen LogP contribution in [0.1, 0.15) is 5.56 Å². The molecule has 21 heavy (non-hydrogen) atoms. The van der Waals surface area contributed by atoms with Crippen molar-refractivity contribution >= 4 is 45.6 Å². The molecular weight excluding hydrogens is 417 g/mol. The topological polar surface area (TPSA) is 55.2 Å². The van der Waals surface area contributed by atoms with Crippen molar-refractivity contribution in [1.82, 2.24) is 0 Å². The summed E-state index contributed by atoms with van der Waals surface area (Å²) in [5.41, 5.74) is -0.219. The van der Waals surface area contributed by atoms with E-state index in [1.165, 1.54) is 0 Å². The fraction of sp³-hybridized carbons (Fsp3) is 0.0769. The Kier molecular flexibility index (Phi) is 4.94. The second-order valence-electron chi connectivity index (χ2n) is 4.13. The minimum absolute atomic E-state index is 0.0160. The van der Waals surface area contributed by atoms with Crippen LogP contribution in [0.4, 0.5) is 20.2 Å². The highest BCUT2D eigenvalue weighted by molar-refractivity contribution is 14.1. The molecule has 2 aromatic rings. The maximum Gasteiger partial charge on any atom is 0.305 e. The summed E-state index contributed by atoms with van der Waals surface area (Å²) in [4.78, 5) is 9.76. The fourth-order valence-electron chi connectivity index (χ4n) is 1.68. The van der Waals surface area contributed by atoms with E-state index in [0.717, 1.165) is 9.64 Å². The molecular formula is C13H8ClF2IN2O2. The van der Waals surface area contributed by atoms with Crippen LogP contribution < -0.4 is 5.32 Å². The molecule has 0 aliphatic rings. The van der Waals surface area contributed by atoms with E-state index in [9.17, 15) is 18.9 Å². The lowest BCUT2D eigenvalue weighted by atomic mass is 10.1. The quantitative estimate of drug-likeness (QED) is 0.438. The van der Waals surface area contributed by atoms with E-state index >= 15 is 0 Å². The third kappa shape index (κ3) is 3.79. The molecule has 110 valence electrons. The molecule has 1 N–H and O–H groups in total. The average Bonchev–Trinajstić information content (AvgIpc) is 2.39. The van der Waals surface area contributed by atoms with Gasteiger partial charge in [0, 0.05) is 27.8 Å². The van der Waals surface area contributed by atoms with Gasteiger partial charge < -0.3 is 5.32 Å². The van der Waals surface area contributed by atoms with Gasteiger partial charge in [0.05, 0.1) is 15.6 Å². The van der Waals surface area contributed by atoms with Crippen LogP contribution in [0.15, 0.2) is 30.3 Å². The molecule has 4 nitrogen and oxygen atoms in total. The smallest absolute Gasteiger partial charge is 0.305 e. The highest BCUT2D eigenvalue weighted by Gasteiger charge is 2.18. The van der Waals surface area contributed by atoms with Crippen molar-refractivity contribution in [1.29, 1.82) is 0 Å². The summed E-state index contributed by atoms with van der Waals surface area (Å²) in [5.74, 6) is -2.05. The minimum atomic E-state index is -1.20. The van der Waals surface area contributed by atoms with E-state index in [2.05, 4.69) is 27.9 Å². The van der Waals surface area contributed by atoms with Gasteiger partial charge in [-0.1, -0.05) is 11.6 Å². The number of nitro benzene ring substituents is 1. The van der Waals surface area contributed by atoms with Gasteiger partial charge in [-0.3, -0.25) is 10.1 Å². The van der Waals surface area contributed by atoms with Crippen molar-refractivity contribution in [2.24, 2.45) is 0 Å². The first-order valence-electron chi connectivity index (χ1n) is 5.69. The minimum Gasteiger partial charge on any atom is -0.380 e. The maximum atomic E-state index is 13.6. The molecule has 0 saturated heterocycles. The number of benzene rings is 2. The molecule has 0 atom stereocenters. The number of anilines is 1. The Morgan fingerprint density at radius 3 is 2.57 bits per heavy atom. The number of nitrogens with one attached hydrogen (secondary N) is 1. The summed E-state index contributed by atoms with van der Waals surface area (Å²) < 4.78 is 27.8. The van der Waals surface area contributed by atoms with E-state index < -0.39 is 22.2 Å². The lowest BCUT2D eigenvalue weighted by Gasteiger charge is -2.09. The zero-order chi connectivity index (χ0) is 15.6. The summed E-state index contributed by atoms with van der Waals surface area (Å²) >= 11 is 8.11.